The lowest BCUT2D eigenvalue weighted by Gasteiger charge is -2.26. The van der Waals surface area contributed by atoms with Crippen LogP contribution in [0, 0.1) is 0 Å². The van der Waals surface area contributed by atoms with Crippen molar-refractivity contribution in [3.05, 3.63) is 28.8 Å². The largest absolute Gasteiger partial charge is 0.497 e. The van der Waals surface area contributed by atoms with Crippen molar-refractivity contribution in [3.8, 4) is 11.5 Å². The standard InChI is InChI=1S/C18H30O8P2/c1-7-23-27(19,24-8-2)18(28(20,25-9-3)26-10-4)13-15-11-16(21-5)14-17(12-15)22-6/h11-14H,7-10H2,1-6H3. The first-order valence-corrected chi connectivity index (χ1v) is 12.1. The average molecular weight is 436 g/mol. The van der Waals surface area contributed by atoms with E-state index in [-0.39, 0.29) is 31.5 Å². The smallest absolute Gasteiger partial charge is 0.369 e. The molecule has 1 aromatic carbocycles. The van der Waals surface area contributed by atoms with Gasteiger partial charge in [-0.05, 0) is 51.5 Å². The minimum atomic E-state index is -3.96. The van der Waals surface area contributed by atoms with Gasteiger partial charge < -0.3 is 27.6 Å². The molecule has 0 bridgehead atoms. The van der Waals surface area contributed by atoms with Crippen LogP contribution in [0.15, 0.2) is 23.3 Å². The number of hydrogen-bond acceptors (Lipinski definition) is 8. The fourth-order valence-electron chi connectivity index (χ4n) is 2.39. The van der Waals surface area contributed by atoms with Gasteiger partial charge in [-0.25, -0.2) is 0 Å². The molecule has 0 aliphatic rings. The van der Waals surface area contributed by atoms with Crippen LogP contribution in [0.4, 0.5) is 0 Å². The molecule has 0 N–H and O–H groups in total. The monoisotopic (exact) mass is 436 g/mol. The normalized spacial score (nSPS) is 11.9. The van der Waals surface area contributed by atoms with Gasteiger partial charge in [0.1, 0.15) is 11.5 Å². The third-order valence-corrected chi connectivity index (χ3v) is 8.67. The SMILES string of the molecule is CCOP(=O)(OCC)C(=Cc1cc(OC)cc(OC)c1)P(=O)(OCC)OCC. The Morgan fingerprint density at radius 2 is 1.11 bits per heavy atom. The maximum Gasteiger partial charge on any atom is 0.369 e. The van der Waals surface area contributed by atoms with Crippen LogP contribution < -0.4 is 9.47 Å². The predicted molar refractivity (Wildman–Crippen MR) is 109 cm³/mol. The minimum Gasteiger partial charge on any atom is -0.497 e. The molecule has 0 amide bonds. The molecule has 0 aliphatic heterocycles. The molecule has 0 saturated heterocycles. The molecule has 0 atom stereocenters. The third-order valence-electron chi connectivity index (χ3n) is 3.43. The summed E-state index contributed by atoms with van der Waals surface area (Å²) in [5.74, 6) is 1.02. The molecule has 160 valence electrons. The van der Waals surface area contributed by atoms with E-state index >= 15 is 0 Å². The van der Waals surface area contributed by atoms with E-state index in [1.807, 2.05) is 0 Å². The van der Waals surface area contributed by atoms with E-state index in [1.165, 1.54) is 20.3 Å². The second-order valence-corrected chi connectivity index (χ2v) is 9.65. The van der Waals surface area contributed by atoms with Gasteiger partial charge in [0.2, 0.25) is 0 Å². The van der Waals surface area contributed by atoms with Gasteiger partial charge in [0, 0.05) is 6.07 Å². The maximum atomic E-state index is 13.5. The highest BCUT2D eigenvalue weighted by molar-refractivity contribution is 7.79. The van der Waals surface area contributed by atoms with Gasteiger partial charge >= 0.3 is 15.2 Å². The van der Waals surface area contributed by atoms with E-state index in [4.69, 9.17) is 27.6 Å². The maximum absolute atomic E-state index is 13.5. The highest BCUT2D eigenvalue weighted by atomic mass is 31.2. The van der Waals surface area contributed by atoms with Gasteiger partial charge in [0.25, 0.3) is 0 Å². The van der Waals surface area contributed by atoms with E-state index in [1.54, 1.807) is 45.9 Å². The van der Waals surface area contributed by atoms with Crippen molar-refractivity contribution < 1.29 is 36.7 Å². The van der Waals surface area contributed by atoms with Crippen molar-refractivity contribution in [2.45, 2.75) is 27.7 Å². The molecule has 0 unspecified atom stereocenters. The van der Waals surface area contributed by atoms with Crippen LogP contribution in [-0.4, -0.2) is 40.6 Å². The molecule has 10 heteroatoms. The highest BCUT2D eigenvalue weighted by Crippen LogP contribution is 2.74. The van der Waals surface area contributed by atoms with Crippen LogP contribution in [0.2, 0.25) is 0 Å². The fourth-order valence-corrected chi connectivity index (χ4v) is 6.93. The molecule has 0 aromatic heterocycles. The first kappa shape index (κ1) is 24.9. The number of benzene rings is 1. The molecule has 0 heterocycles. The topological polar surface area (TPSA) is 89.5 Å². The molecule has 0 fully saturated rings. The summed E-state index contributed by atoms with van der Waals surface area (Å²) in [5, 5.41) is -0.164. The summed E-state index contributed by atoms with van der Waals surface area (Å²) in [7, 11) is -4.89. The second-order valence-electron chi connectivity index (χ2n) is 5.31. The summed E-state index contributed by atoms with van der Waals surface area (Å²) < 4.78 is 59.3. The van der Waals surface area contributed by atoms with E-state index in [0.29, 0.717) is 17.1 Å². The molecule has 0 spiro atoms. The van der Waals surface area contributed by atoms with Crippen molar-refractivity contribution >= 4 is 21.3 Å². The van der Waals surface area contributed by atoms with Gasteiger partial charge in [-0.15, -0.1) is 0 Å². The van der Waals surface area contributed by atoms with Crippen LogP contribution in [-0.2, 0) is 27.2 Å². The molecular formula is C18H30O8P2. The highest BCUT2D eigenvalue weighted by Gasteiger charge is 2.45. The molecule has 8 nitrogen and oxygen atoms in total. The van der Waals surface area contributed by atoms with Crippen molar-refractivity contribution in [2.75, 3.05) is 40.6 Å². The number of hydrogen-bond donors (Lipinski definition) is 0. The summed E-state index contributed by atoms with van der Waals surface area (Å²) in [5.41, 5.74) is 0.519. The number of methoxy groups -OCH3 is 2. The summed E-state index contributed by atoms with van der Waals surface area (Å²) in [6, 6.07) is 5.03. The first-order valence-electron chi connectivity index (χ1n) is 9.06. The summed E-state index contributed by atoms with van der Waals surface area (Å²) in [4.78, 5) is 0. The van der Waals surface area contributed by atoms with Crippen LogP contribution in [0.3, 0.4) is 0 Å². The average Bonchev–Trinajstić information content (AvgIpc) is 2.66. The Hall–Kier alpha value is -1.14. The third kappa shape index (κ3) is 6.45. The van der Waals surface area contributed by atoms with Crippen LogP contribution in [0.1, 0.15) is 33.3 Å². The molecule has 0 aliphatic carbocycles. The van der Waals surface area contributed by atoms with Gasteiger partial charge in [0.05, 0.1) is 40.6 Å². The fraction of sp³-hybridized carbons (Fsp3) is 0.556. The second kappa shape index (κ2) is 11.8. The molecule has 1 aromatic rings. The number of ether oxygens (including phenoxy) is 2. The van der Waals surface area contributed by atoms with Gasteiger partial charge in [-0.2, -0.15) is 0 Å². The van der Waals surface area contributed by atoms with E-state index in [2.05, 4.69) is 0 Å². The molecule has 28 heavy (non-hydrogen) atoms. The van der Waals surface area contributed by atoms with Crippen LogP contribution in [0.5, 0.6) is 11.5 Å². The molecule has 0 saturated carbocycles. The molecule has 0 radical (unpaired) electrons. The summed E-state index contributed by atoms with van der Waals surface area (Å²) in [6.45, 7) is 7.05. The van der Waals surface area contributed by atoms with Crippen LogP contribution >= 0.6 is 15.2 Å². The first-order chi connectivity index (χ1) is 13.3. The van der Waals surface area contributed by atoms with E-state index < -0.39 is 15.2 Å². The molecular weight excluding hydrogens is 406 g/mol. The lowest BCUT2D eigenvalue weighted by atomic mass is 10.2. The Morgan fingerprint density at radius 3 is 1.39 bits per heavy atom. The zero-order chi connectivity index (χ0) is 21.2. The Morgan fingerprint density at radius 1 is 0.750 bits per heavy atom. The van der Waals surface area contributed by atoms with Crippen molar-refractivity contribution in [1.29, 1.82) is 0 Å². The minimum absolute atomic E-state index is 0.0916. The van der Waals surface area contributed by atoms with Gasteiger partial charge in [-0.3, -0.25) is 9.13 Å². The van der Waals surface area contributed by atoms with Crippen molar-refractivity contribution in [3.63, 3.8) is 0 Å². The zero-order valence-corrected chi connectivity index (χ0v) is 19.1. The molecule has 1 rings (SSSR count). The Balaban J connectivity index is 3.72. The van der Waals surface area contributed by atoms with Crippen molar-refractivity contribution in [2.24, 2.45) is 0 Å². The van der Waals surface area contributed by atoms with Gasteiger partial charge in [0.15, 0.2) is 5.06 Å². The zero-order valence-electron chi connectivity index (χ0n) is 17.3. The Bertz CT molecular complexity index is 673. The van der Waals surface area contributed by atoms with Gasteiger partial charge in [-0.1, -0.05) is 0 Å². The Kier molecular flexibility index (Phi) is 10.5. The van der Waals surface area contributed by atoms with Crippen LogP contribution in [0.25, 0.3) is 6.08 Å². The predicted octanol–water partition coefficient (Wildman–Crippen LogP) is 5.53. The lowest BCUT2D eigenvalue weighted by molar-refractivity contribution is 0.214. The van der Waals surface area contributed by atoms with Crippen molar-refractivity contribution in [1.82, 2.24) is 0 Å². The Labute approximate surface area is 167 Å². The van der Waals surface area contributed by atoms with E-state index in [0.717, 1.165) is 0 Å². The number of rotatable bonds is 13. The summed E-state index contributed by atoms with van der Waals surface area (Å²) >= 11 is 0. The summed E-state index contributed by atoms with van der Waals surface area (Å²) in [6.07, 6.45) is 1.43. The lowest BCUT2D eigenvalue weighted by Crippen LogP contribution is -2.05. The quantitative estimate of drug-likeness (QED) is 0.373. The van der Waals surface area contributed by atoms with E-state index in [9.17, 15) is 9.13 Å².